The summed E-state index contributed by atoms with van der Waals surface area (Å²) < 4.78 is 13.7. The summed E-state index contributed by atoms with van der Waals surface area (Å²) >= 11 is 0. The average Bonchev–Trinajstić information content (AvgIpc) is 2.73. The van der Waals surface area contributed by atoms with E-state index in [4.69, 9.17) is 11.5 Å². The van der Waals surface area contributed by atoms with Gasteiger partial charge in [0.2, 0.25) is 5.95 Å². The van der Waals surface area contributed by atoms with E-state index in [0.29, 0.717) is 16.9 Å². The quantitative estimate of drug-likeness (QED) is 0.473. The number of nitrogens with two attached hydrogens (primary N) is 2. The number of nitriles is 1. The zero-order chi connectivity index (χ0) is 21.3. The maximum Gasteiger partial charge on any atom is 0.224 e. The van der Waals surface area contributed by atoms with E-state index in [9.17, 15) is 9.65 Å². The van der Waals surface area contributed by atoms with Crippen LogP contribution in [0.25, 0.3) is 22.3 Å². The van der Waals surface area contributed by atoms with Gasteiger partial charge in [-0.05, 0) is 37.3 Å². The van der Waals surface area contributed by atoms with E-state index < -0.39 is 0 Å². The Labute approximate surface area is 171 Å². The summed E-state index contributed by atoms with van der Waals surface area (Å²) in [5, 5.41) is 13.4. The third kappa shape index (κ3) is 3.54. The fraction of sp³-hybridized carbons (Fsp3) is 0.0952. The Hall–Kier alpha value is -4.32. The molecule has 0 bridgehead atoms. The van der Waals surface area contributed by atoms with Crippen molar-refractivity contribution in [2.45, 2.75) is 13.0 Å². The predicted octanol–water partition coefficient (Wildman–Crippen LogP) is 3.44. The second-order valence-electron chi connectivity index (χ2n) is 6.65. The van der Waals surface area contributed by atoms with Gasteiger partial charge in [-0.2, -0.15) is 15.2 Å². The smallest absolute Gasteiger partial charge is 0.224 e. The van der Waals surface area contributed by atoms with Gasteiger partial charge in [-0.15, -0.1) is 0 Å². The Morgan fingerprint density at radius 1 is 1.10 bits per heavy atom. The number of nitrogens with zero attached hydrogens (tertiary/aromatic N) is 5. The molecule has 0 amide bonds. The van der Waals surface area contributed by atoms with Crippen molar-refractivity contribution in [2.24, 2.45) is 0 Å². The molecule has 30 heavy (non-hydrogen) atoms. The number of hydrogen-bond acceptors (Lipinski definition) is 8. The highest BCUT2D eigenvalue weighted by atomic mass is 19.1. The lowest BCUT2D eigenvalue weighted by Crippen LogP contribution is -2.14. The molecule has 0 unspecified atom stereocenters. The number of nitrogens with one attached hydrogen (secondary N) is 1. The van der Waals surface area contributed by atoms with Gasteiger partial charge in [0.05, 0.1) is 22.9 Å². The number of hydrogen-bond donors (Lipinski definition) is 3. The van der Waals surface area contributed by atoms with Gasteiger partial charge in [-0.3, -0.25) is 4.98 Å². The lowest BCUT2D eigenvalue weighted by Gasteiger charge is -2.20. The maximum atomic E-state index is 13.7. The number of aromatic nitrogens is 4. The first kappa shape index (κ1) is 19.0. The molecule has 148 valence electrons. The molecule has 8 nitrogen and oxygen atoms in total. The molecule has 0 radical (unpaired) electrons. The topological polar surface area (TPSA) is 139 Å². The second kappa shape index (κ2) is 7.60. The van der Waals surface area contributed by atoms with Crippen LogP contribution in [0.2, 0.25) is 0 Å². The van der Waals surface area contributed by atoms with Gasteiger partial charge in [0.25, 0.3) is 0 Å². The second-order valence-corrected chi connectivity index (χ2v) is 6.65. The Bertz CT molecular complexity index is 1280. The van der Waals surface area contributed by atoms with Crippen molar-refractivity contribution in [1.82, 2.24) is 19.9 Å². The summed E-state index contributed by atoms with van der Waals surface area (Å²) in [4.78, 5) is 17.0. The monoisotopic (exact) mass is 400 g/mol. The van der Waals surface area contributed by atoms with Gasteiger partial charge in [-0.1, -0.05) is 6.07 Å². The van der Waals surface area contributed by atoms with Crippen molar-refractivity contribution < 1.29 is 4.39 Å². The maximum absolute atomic E-state index is 13.7. The van der Waals surface area contributed by atoms with Gasteiger partial charge in [-0.25, -0.2) is 9.37 Å². The first-order chi connectivity index (χ1) is 14.5. The summed E-state index contributed by atoms with van der Waals surface area (Å²) in [6.07, 6.45) is 1.66. The van der Waals surface area contributed by atoms with Crippen LogP contribution in [0.5, 0.6) is 0 Å². The fourth-order valence-electron chi connectivity index (χ4n) is 3.19. The minimum absolute atomic E-state index is 0.00300. The van der Waals surface area contributed by atoms with Crippen LogP contribution in [0.1, 0.15) is 24.1 Å². The molecule has 0 saturated heterocycles. The van der Waals surface area contributed by atoms with Crippen molar-refractivity contribution in [3.8, 4) is 17.5 Å². The lowest BCUT2D eigenvalue weighted by atomic mass is 10.0. The predicted molar refractivity (Wildman–Crippen MR) is 113 cm³/mol. The first-order valence-corrected chi connectivity index (χ1v) is 9.07. The number of anilines is 3. The van der Waals surface area contributed by atoms with Crippen molar-refractivity contribution in [2.75, 3.05) is 16.8 Å². The SMILES string of the molecule is C[C@H](Nc1nc(N)nc(N)c1C#N)c1cc2ccc(F)cc2nc1-c1ccccn1. The van der Waals surface area contributed by atoms with Crippen molar-refractivity contribution in [3.05, 3.63) is 65.6 Å². The Kier molecular flexibility index (Phi) is 4.82. The van der Waals surface area contributed by atoms with Crippen LogP contribution < -0.4 is 16.8 Å². The average molecular weight is 400 g/mol. The van der Waals surface area contributed by atoms with Crippen LogP contribution in [0, 0.1) is 17.1 Å². The molecule has 0 aliphatic heterocycles. The van der Waals surface area contributed by atoms with E-state index in [-0.39, 0.29) is 35.0 Å². The van der Waals surface area contributed by atoms with E-state index in [2.05, 4.69) is 25.3 Å². The molecule has 0 fully saturated rings. The van der Waals surface area contributed by atoms with E-state index in [1.807, 2.05) is 31.2 Å². The zero-order valence-corrected chi connectivity index (χ0v) is 16.0. The van der Waals surface area contributed by atoms with Gasteiger partial charge >= 0.3 is 0 Å². The fourth-order valence-corrected chi connectivity index (χ4v) is 3.19. The lowest BCUT2D eigenvalue weighted by molar-refractivity contribution is 0.629. The van der Waals surface area contributed by atoms with Crippen LogP contribution in [0.3, 0.4) is 0 Å². The summed E-state index contributed by atoms with van der Waals surface area (Å²) in [7, 11) is 0. The molecular formula is C21H17FN8. The molecule has 1 atom stereocenters. The molecule has 4 rings (SSSR count). The number of benzene rings is 1. The molecule has 0 spiro atoms. The highest BCUT2D eigenvalue weighted by molar-refractivity contribution is 5.83. The van der Waals surface area contributed by atoms with Crippen LogP contribution in [-0.2, 0) is 0 Å². The third-order valence-electron chi connectivity index (χ3n) is 4.60. The van der Waals surface area contributed by atoms with Crippen molar-refractivity contribution in [1.29, 1.82) is 5.26 Å². The summed E-state index contributed by atoms with van der Waals surface area (Å²) in [5.74, 6) is -0.192. The standard InChI is InChI=1S/C21H17FN8/c1-11(27-20-15(10-23)19(24)29-21(25)30-20)14-8-12-5-6-13(22)9-17(12)28-18(14)16-4-2-3-7-26-16/h2-9,11H,1H3,(H5,24,25,27,29,30)/t11-/m0/s1. The molecule has 0 saturated carbocycles. The van der Waals surface area contributed by atoms with E-state index in [1.165, 1.54) is 12.1 Å². The molecular weight excluding hydrogens is 383 g/mol. The number of halogens is 1. The Morgan fingerprint density at radius 2 is 1.93 bits per heavy atom. The van der Waals surface area contributed by atoms with Crippen molar-refractivity contribution in [3.63, 3.8) is 0 Å². The zero-order valence-electron chi connectivity index (χ0n) is 16.0. The summed E-state index contributed by atoms with van der Waals surface area (Å²) in [5.41, 5.74) is 14.1. The molecule has 4 aromatic rings. The molecule has 5 N–H and O–H groups in total. The minimum atomic E-state index is -0.369. The Balaban J connectivity index is 1.85. The molecule has 1 aromatic carbocycles. The Morgan fingerprint density at radius 3 is 2.67 bits per heavy atom. The third-order valence-corrected chi connectivity index (χ3v) is 4.60. The van der Waals surface area contributed by atoms with Crippen LogP contribution in [-0.4, -0.2) is 19.9 Å². The van der Waals surface area contributed by atoms with E-state index in [1.54, 1.807) is 18.3 Å². The largest absolute Gasteiger partial charge is 0.382 e. The minimum Gasteiger partial charge on any atom is -0.382 e. The number of pyridine rings is 2. The highest BCUT2D eigenvalue weighted by Gasteiger charge is 2.19. The number of nitrogen functional groups attached to an aromatic ring is 2. The van der Waals surface area contributed by atoms with E-state index in [0.717, 1.165) is 10.9 Å². The summed E-state index contributed by atoms with van der Waals surface area (Å²) in [6.45, 7) is 1.88. The molecule has 0 aliphatic rings. The normalized spacial score (nSPS) is 11.8. The van der Waals surface area contributed by atoms with Gasteiger partial charge in [0.1, 0.15) is 23.3 Å². The highest BCUT2D eigenvalue weighted by Crippen LogP contribution is 2.32. The summed E-state index contributed by atoms with van der Waals surface area (Å²) in [6, 6.07) is 13.4. The molecule has 3 aromatic heterocycles. The molecule has 0 aliphatic carbocycles. The molecule has 9 heteroatoms. The van der Waals surface area contributed by atoms with Crippen molar-refractivity contribution >= 4 is 28.5 Å². The first-order valence-electron chi connectivity index (χ1n) is 9.07. The van der Waals surface area contributed by atoms with Crippen LogP contribution >= 0.6 is 0 Å². The van der Waals surface area contributed by atoms with Gasteiger partial charge in [0.15, 0.2) is 5.82 Å². The number of rotatable bonds is 4. The number of fused-ring (bicyclic) bond motifs is 1. The molecule has 3 heterocycles. The van der Waals surface area contributed by atoms with Gasteiger partial charge < -0.3 is 16.8 Å². The van der Waals surface area contributed by atoms with Gasteiger partial charge in [0, 0.05) is 23.2 Å². The van der Waals surface area contributed by atoms with E-state index >= 15 is 0 Å². The van der Waals surface area contributed by atoms with Crippen LogP contribution in [0.15, 0.2) is 48.7 Å². The van der Waals surface area contributed by atoms with Crippen LogP contribution in [0.4, 0.5) is 22.0 Å².